The number of hydrogen-bond donors (Lipinski definition) is 1. The first-order chi connectivity index (χ1) is 15.3. The van der Waals surface area contributed by atoms with Gasteiger partial charge in [-0.2, -0.15) is 0 Å². The van der Waals surface area contributed by atoms with Gasteiger partial charge in [-0.05, 0) is 37.1 Å². The average molecular weight is 468 g/mol. The monoisotopic (exact) mass is 467 g/mol. The number of thioether (sulfide) groups is 1. The summed E-state index contributed by atoms with van der Waals surface area (Å²) in [5.41, 5.74) is 3.52. The van der Waals surface area contributed by atoms with Crippen LogP contribution in [-0.4, -0.2) is 33.6 Å². The molecule has 2 heterocycles. The summed E-state index contributed by atoms with van der Waals surface area (Å²) in [6.07, 6.45) is 0. The highest BCUT2D eigenvalue weighted by molar-refractivity contribution is 7.99. The maximum Gasteiger partial charge on any atom is 0.260 e. The number of amides is 1. The van der Waals surface area contributed by atoms with Crippen molar-refractivity contribution in [2.24, 2.45) is 0 Å². The van der Waals surface area contributed by atoms with Gasteiger partial charge in [0.25, 0.3) is 5.56 Å². The molecule has 8 heteroatoms. The number of carbonyl (C=O) groups excluding carboxylic acids is 1. The molecule has 0 bridgehead atoms. The molecule has 5 nitrogen and oxygen atoms in total. The molecule has 0 atom stereocenters. The van der Waals surface area contributed by atoms with Crippen LogP contribution in [0.25, 0.3) is 21.3 Å². The Balaban J connectivity index is 1.50. The number of halogens is 1. The number of aromatic nitrogens is 2. The van der Waals surface area contributed by atoms with Gasteiger partial charge in [0.1, 0.15) is 10.6 Å². The lowest BCUT2D eigenvalue weighted by Crippen LogP contribution is -2.28. The Kier molecular flexibility index (Phi) is 6.43. The second-order valence-corrected chi connectivity index (χ2v) is 9.78. The molecule has 0 saturated carbocycles. The molecule has 1 N–H and O–H groups in total. The van der Waals surface area contributed by atoms with Gasteiger partial charge in [-0.3, -0.25) is 9.59 Å². The van der Waals surface area contributed by atoms with E-state index in [1.807, 2.05) is 38.1 Å². The van der Waals surface area contributed by atoms with E-state index >= 15 is 0 Å². The molecule has 2 aromatic heterocycles. The van der Waals surface area contributed by atoms with Gasteiger partial charge in [-0.1, -0.05) is 53.7 Å². The maximum atomic E-state index is 13.3. The van der Waals surface area contributed by atoms with E-state index in [1.165, 1.54) is 40.8 Å². The minimum atomic E-state index is -0.325. The number of aromatic amines is 1. The summed E-state index contributed by atoms with van der Waals surface area (Å²) in [7, 11) is 1.76. The zero-order chi connectivity index (χ0) is 22.8. The average Bonchev–Trinajstić information content (AvgIpc) is 3.10. The van der Waals surface area contributed by atoms with Gasteiger partial charge in [0.15, 0.2) is 5.16 Å². The van der Waals surface area contributed by atoms with Crippen LogP contribution in [0.15, 0.2) is 58.5 Å². The van der Waals surface area contributed by atoms with Crippen molar-refractivity contribution in [1.29, 1.82) is 0 Å². The van der Waals surface area contributed by atoms with E-state index in [4.69, 9.17) is 0 Å². The number of rotatable bonds is 6. The summed E-state index contributed by atoms with van der Waals surface area (Å²) in [4.78, 5) is 36.0. The van der Waals surface area contributed by atoms with Gasteiger partial charge in [-0.15, -0.1) is 11.3 Å². The summed E-state index contributed by atoms with van der Waals surface area (Å²) in [6, 6.07) is 14.1. The number of carbonyl (C=O) groups is 1. The zero-order valence-corrected chi connectivity index (χ0v) is 19.6. The second kappa shape index (κ2) is 9.26. The SMILES string of the molecule is Cc1ccc(CN(C)C(=O)CSc2nc3sc(C)c(-c4ccc(F)cc4)c3c(=O)[nH]2)cc1. The summed E-state index contributed by atoms with van der Waals surface area (Å²) in [5.74, 6) is -0.201. The first kappa shape index (κ1) is 22.2. The molecule has 2 aromatic carbocycles. The van der Waals surface area contributed by atoms with Crippen LogP contribution in [0.5, 0.6) is 0 Å². The van der Waals surface area contributed by atoms with Crippen LogP contribution in [0.1, 0.15) is 16.0 Å². The number of thiophene rings is 1. The van der Waals surface area contributed by atoms with E-state index in [9.17, 15) is 14.0 Å². The van der Waals surface area contributed by atoms with E-state index in [2.05, 4.69) is 9.97 Å². The van der Waals surface area contributed by atoms with Crippen LogP contribution in [-0.2, 0) is 11.3 Å². The molecule has 0 aliphatic carbocycles. The minimum Gasteiger partial charge on any atom is -0.341 e. The van der Waals surface area contributed by atoms with Crippen LogP contribution in [0.4, 0.5) is 4.39 Å². The highest BCUT2D eigenvalue weighted by atomic mass is 32.2. The van der Waals surface area contributed by atoms with Gasteiger partial charge in [0.05, 0.1) is 11.1 Å². The summed E-state index contributed by atoms with van der Waals surface area (Å²) >= 11 is 2.63. The Labute approximate surface area is 193 Å². The first-order valence-corrected chi connectivity index (χ1v) is 11.8. The number of fused-ring (bicyclic) bond motifs is 1. The van der Waals surface area contributed by atoms with Crippen molar-refractivity contribution in [2.45, 2.75) is 25.5 Å². The van der Waals surface area contributed by atoms with Gasteiger partial charge in [-0.25, -0.2) is 9.37 Å². The Morgan fingerprint density at radius 1 is 1.12 bits per heavy atom. The van der Waals surface area contributed by atoms with Crippen molar-refractivity contribution in [3.8, 4) is 11.1 Å². The van der Waals surface area contributed by atoms with Gasteiger partial charge >= 0.3 is 0 Å². The normalized spacial score (nSPS) is 11.1. The topological polar surface area (TPSA) is 66.1 Å². The molecule has 0 radical (unpaired) electrons. The molecular formula is C24H22FN3O2S2. The smallest absolute Gasteiger partial charge is 0.260 e. The molecular weight excluding hydrogens is 445 g/mol. The van der Waals surface area contributed by atoms with Crippen molar-refractivity contribution in [1.82, 2.24) is 14.9 Å². The quantitative estimate of drug-likeness (QED) is 0.314. The van der Waals surface area contributed by atoms with Crippen molar-refractivity contribution >= 4 is 39.2 Å². The predicted octanol–water partition coefficient (Wildman–Crippen LogP) is 5.16. The van der Waals surface area contributed by atoms with Gasteiger partial charge in [0.2, 0.25) is 5.91 Å². The van der Waals surface area contributed by atoms with E-state index in [0.717, 1.165) is 21.6 Å². The number of nitrogens with one attached hydrogen (secondary N) is 1. The van der Waals surface area contributed by atoms with Crippen LogP contribution >= 0.6 is 23.1 Å². The molecule has 0 fully saturated rings. The summed E-state index contributed by atoms with van der Waals surface area (Å²) in [5, 5.41) is 0.901. The second-order valence-electron chi connectivity index (χ2n) is 7.62. The fraction of sp³-hybridized carbons (Fsp3) is 0.208. The lowest BCUT2D eigenvalue weighted by molar-refractivity contribution is -0.127. The lowest BCUT2D eigenvalue weighted by atomic mass is 10.0. The Hall–Kier alpha value is -2.97. The zero-order valence-electron chi connectivity index (χ0n) is 17.9. The molecule has 0 unspecified atom stereocenters. The van der Waals surface area contributed by atoms with E-state index < -0.39 is 0 Å². The molecule has 4 aromatic rings. The molecule has 0 saturated heterocycles. The fourth-order valence-corrected chi connectivity index (χ4v) is 5.33. The first-order valence-electron chi connectivity index (χ1n) is 10.0. The minimum absolute atomic E-state index is 0.0484. The summed E-state index contributed by atoms with van der Waals surface area (Å²) < 4.78 is 13.3. The molecule has 32 heavy (non-hydrogen) atoms. The largest absolute Gasteiger partial charge is 0.341 e. The number of nitrogens with zero attached hydrogens (tertiary/aromatic N) is 2. The third-order valence-electron chi connectivity index (χ3n) is 5.15. The number of hydrogen-bond acceptors (Lipinski definition) is 5. The van der Waals surface area contributed by atoms with Crippen molar-refractivity contribution < 1.29 is 9.18 Å². The van der Waals surface area contributed by atoms with Gasteiger partial charge in [0, 0.05) is 24.0 Å². The fourth-order valence-electron chi connectivity index (χ4n) is 3.43. The van der Waals surface area contributed by atoms with Crippen molar-refractivity contribution in [2.75, 3.05) is 12.8 Å². The van der Waals surface area contributed by atoms with Crippen LogP contribution in [0.2, 0.25) is 0 Å². The molecule has 0 aliphatic heterocycles. The lowest BCUT2D eigenvalue weighted by Gasteiger charge is -2.17. The number of H-pyrrole nitrogens is 1. The summed E-state index contributed by atoms with van der Waals surface area (Å²) in [6.45, 7) is 4.46. The Morgan fingerprint density at radius 2 is 1.81 bits per heavy atom. The van der Waals surface area contributed by atoms with Crippen LogP contribution < -0.4 is 5.56 Å². The Bertz CT molecular complexity index is 1330. The van der Waals surface area contributed by atoms with E-state index in [1.54, 1.807) is 24.1 Å². The molecule has 0 aliphatic rings. The van der Waals surface area contributed by atoms with Crippen molar-refractivity contribution in [3.63, 3.8) is 0 Å². The van der Waals surface area contributed by atoms with Crippen LogP contribution in [0.3, 0.4) is 0 Å². The highest BCUT2D eigenvalue weighted by Crippen LogP contribution is 2.36. The molecule has 1 amide bonds. The third kappa shape index (κ3) is 4.76. The van der Waals surface area contributed by atoms with E-state index in [-0.39, 0.29) is 23.0 Å². The predicted molar refractivity (Wildman–Crippen MR) is 129 cm³/mol. The van der Waals surface area contributed by atoms with Crippen LogP contribution in [0, 0.1) is 19.7 Å². The molecule has 164 valence electrons. The molecule has 4 rings (SSSR count). The van der Waals surface area contributed by atoms with Crippen molar-refractivity contribution in [3.05, 3.63) is 80.7 Å². The number of aryl methyl sites for hydroxylation is 2. The third-order valence-corrected chi connectivity index (χ3v) is 7.00. The standard InChI is InChI=1S/C24H22FN3O2S2/c1-14-4-6-16(7-5-14)12-28(3)19(29)13-31-24-26-22(30)21-20(15(2)32-23(21)27-24)17-8-10-18(25)11-9-17/h4-11H,12-13H2,1-3H3,(H,26,27,30). The highest BCUT2D eigenvalue weighted by Gasteiger charge is 2.18. The Morgan fingerprint density at radius 3 is 2.50 bits per heavy atom. The van der Waals surface area contributed by atoms with E-state index in [0.29, 0.717) is 21.9 Å². The molecule has 0 spiro atoms. The number of benzene rings is 2. The van der Waals surface area contributed by atoms with Gasteiger partial charge < -0.3 is 9.88 Å². The maximum absolute atomic E-state index is 13.3.